The summed E-state index contributed by atoms with van der Waals surface area (Å²) in [4.78, 5) is 72.9. The molecule has 2 aromatic heterocycles. The second-order valence-corrected chi connectivity index (χ2v) is 17.8. The zero-order chi connectivity index (χ0) is 44.8. The summed E-state index contributed by atoms with van der Waals surface area (Å²) in [6.45, 7) is 18.3. The predicted octanol–water partition coefficient (Wildman–Crippen LogP) is 5.19. The lowest BCUT2D eigenvalue weighted by molar-refractivity contribution is -0.137. The van der Waals surface area contributed by atoms with E-state index in [4.69, 9.17) is 6.57 Å². The van der Waals surface area contributed by atoms with Crippen molar-refractivity contribution in [2.75, 3.05) is 98.6 Å². The molecule has 7 heterocycles. The molecule has 1 aromatic carbocycles. The fourth-order valence-corrected chi connectivity index (χ4v) is 9.72. The number of carbonyl (C=O) groups is 4. The Morgan fingerprint density at radius 3 is 1.78 bits per heavy atom. The number of piperidine rings is 4. The molecule has 3 aromatic rings. The predicted molar refractivity (Wildman–Crippen MR) is 236 cm³/mol. The number of alkyl halides is 3. The van der Waals surface area contributed by atoms with Crippen molar-refractivity contribution in [2.24, 2.45) is 17.8 Å². The summed E-state index contributed by atoms with van der Waals surface area (Å²) < 4.78 is 40.5. The molecule has 340 valence electrons. The topological polar surface area (TPSA) is 151 Å². The van der Waals surface area contributed by atoms with Crippen LogP contribution in [0.4, 0.5) is 41.7 Å². The molecule has 8 rings (SSSR count). The molecule has 5 aliphatic rings. The van der Waals surface area contributed by atoms with Crippen molar-refractivity contribution in [1.29, 1.82) is 0 Å². The standard InChI is InChI=1S/C46H56F3N11O4/c1-50-38-5-2-34(26-37(38)46(47,48)49)58-20-14-33(15-21-58)43(62)54-41-8-4-36(28-52-41)60-18-12-32(13-19-60)30-57-24-22-56(23-25-57)29-31-10-16-59(17-11-31)35-3-6-39(51-27-35)44(63)53-40-7-9-42(61)55-45(40)64/h2-6,8,26-28,31-33,40H,7,9-25,29-30H2,(H,53,63)(H,52,54,62)(H,55,61,64). The van der Waals surface area contributed by atoms with Gasteiger partial charge in [-0.1, -0.05) is 6.07 Å². The number of imide groups is 1. The number of amides is 4. The monoisotopic (exact) mass is 883 g/mol. The van der Waals surface area contributed by atoms with Crippen molar-refractivity contribution in [1.82, 2.24) is 30.4 Å². The van der Waals surface area contributed by atoms with Crippen LogP contribution in [0.3, 0.4) is 0 Å². The van der Waals surface area contributed by atoms with Crippen LogP contribution in [0.15, 0.2) is 54.9 Å². The Balaban J connectivity index is 0.695. The summed E-state index contributed by atoms with van der Waals surface area (Å²) in [7, 11) is 0. The largest absolute Gasteiger partial charge is 0.407 e. The van der Waals surface area contributed by atoms with E-state index < -0.39 is 35.3 Å². The van der Waals surface area contributed by atoms with Gasteiger partial charge in [-0.2, -0.15) is 13.2 Å². The Kier molecular flexibility index (Phi) is 14.0. The SMILES string of the molecule is [C-]#[N+]c1ccc(N2CCC(C(=O)Nc3ccc(N4CCC(CN5CCN(CC6CCN(c7ccc(C(=O)NC8CCC(=O)NC8=O)nc7)CC6)CC5)CC4)cn3)CC2)cc1C(F)(F)F. The lowest BCUT2D eigenvalue weighted by Gasteiger charge is -2.41. The third-order valence-corrected chi connectivity index (χ3v) is 13.6. The molecule has 5 aliphatic heterocycles. The molecule has 3 N–H and O–H groups in total. The molecule has 64 heavy (non-hydrogen) atoms. The lowest BCUT2D eigenvalue weighted by Crippen LogP contribution is -2.52. The maximum Gasteiger partial charge on any atom is 0.407 e. The zero-order valence-corrected chi connectivity index (χ0v) is 36.0. The van der Waals surface area contributed by atoms with Gasteiger partial charge in [-0.3, -0.25) is 24.5 Å². The molecule has 0 aliphatic carbocycles. The van der Waals surface area contributed by atoms with Crippen LogP contribution in [0.25, 0.3) is 4.85 Å². The number of anilines is 4. The molecule has 18 heteroatoms. The third kappa shape index (κ3) is 11.1. The molecule has 5 fully saturated rings. The van der Waals surface area contributed by atoms with E-state index in [1.165, 1.54) is 6.07 Å². The van der Waals surface area contributed by atoms with E-state index in [0.29, 0.717) is 49.3 Å². The van der Waals surface area contributed by atoms with E-state index in [0.717, 1.165) is 109 Å². The van der Waals surface area contributed by atoms with Crippen molar-refractivity contribution in [3.8, 4) is 0 Å². The summed E-state index contributed by atoms with van der Waals surface area (Å²) in [5, 5.41) is 7.87. The van der Waals surface area contributed by atoms with Crippen molar-refractivity contribution in [3.63, 3.8) is 0 Å². The first-order chi connectivity index (χ1) is 30.9. The number of carbonyl (C=O) groups excluding carboxylic acids is 4. The van der Waals surface area contributed by atoms with Gasteiger partial charge in [0.25, 0.3) is 5.91 Å². The van der Waals surface area contributed by atoms with Crippen LogP contribution < -0.4 is 30.7 Å². The van der Waals surface area contributed by atoms with E-state index in [2.05, 4.69) is 50.4 Å². The summed E-state index contributed by atoms with van der Waals surface area (Å²) in [6.07, 6.45) is 4.87. The Morgan fingerprint density at radius 1 is 0.719 bits per heavy atom. The number of pyridine rings is 2. The van der Waals surface area contributed by atoms with Gasteiger partial charge in [0.2, 0.25) is 17.7 Å². The maximum atomic E-state index is 13.5. The number of piperazine rings is 1. The fraction of sp³-hybridized carbons (Fsp3) is 0.543. The molecule has 0 saturated carbocycles. The molecule has 5 saturated heterocycles. The number of hydrogen-bond acceptors (Lipinski definition) is 11. The average Bonchev–Trinajstić information content (AvgIpc) is 3.31. The molecule has 4 amide bonds. The smallest absolute Gasteiger partial charge is 0.372 e. The Hall–Kier alpha value is -5.80. The highest BCUT2D eigenvalue weighted by atomic mass is 19.4. The first kappa shape index (κ1) is 44.8. The van der Waals surface area contributed by atoms with E-state index in [-0.39, 0.29) is 36.3 Å². The number of benzene rings is 1. The van der Waals surface area contributed by atoms with E-state index >= 15 is 0 Å². The van der Waals surface area contributed by atoms with Gasteiger partial charge in [0.15, 0.2) is 5.69 Å². The zero-order valence-electron chi connectivity index (χ0n) is 36.0. The van der Waals surface area contributed by atoms with Gasteiger partial charge in [-0.05, 0) is 93.2 Å². The Labute approximate surface area is 371 Å². The third-order valence-electron chi connectivity index (χ3n) is 13.6. The van der Waals surface area contributed by atoms with E-state index in [1.54, 1.807) is 18.3 Å². The normalized spacial score (nSPS) is 21.3. The fourth-order valence-electron chi connectivity index (χ4n) is 9.72. The van der Waals surface area contributed by atoms with Crippen LogP contribution in [-0.4, -0.2) is 128 Å². The first-order valence-electron chi connectivity index (χ1n) is 22.5. The molecule has 1 unspecified atom stereocenters. The minimum atomic E-state index is -4.61. The number of nitrogens with one attached hydrogen (secondary N) is 3. The molecule has 15 nitrogen and oxygen atoms in total. The molecule has 0 bridgehead atoms. The van der Waals surface area contributed by atoms with Crippen LogP contribution in [0.2, 0.25) is 0 Å². The van der Waals surface area contributed by atoms with Crippen LogP contribution in [0, 0.1) is 24.3 Å². The van der Waals surface area contributed by atoms with Crippen LogP contribution in [0.5, 0.6) is 0 Å². The summed E-state index contributed by atoms with van der Waals surface area (Å²) >= 11 is 0. The summed E-state index contributed by atoms with van der Waals surface area (Å²) in [6, 6.07) is 10.5. The minimum Gasteiger partial charge on any atom is -0.372 e. The number of aromatic nitrogens is 2. The highest BCUT2D eigenvalue weighted by Crippen LogP contribution is 2.39. The van der Waals surface area contributed by atoms with Crippen molar-refractivity contribution in [3.05, 3.63) is 77.5 Å². The summed E-state index contributed by atoms with van der Waals surface area (Å²) in [5.41, 5.74) is 1.32. The molecular weight excluding hydrogens is 828 g/mol. The van der Waals surface area contributed by atoms with Gasteiger partial charge < -0.3 is 35.1 Å². The number of nitrogens with zero attached hydrogens (tertiary/aromatic N) is 8. The quantitative estimate of drug-likeness (QED) is 0.173. The number of rotatable bonds is 11. The van der Waals surface area contributed by atoms with Crippen molar-refractivity contribution in [2.45, 2.75) is 63.6 Å². The van der Waals surface area contributed by atoms with Crippen molar-refractivity contribution >= 4 is 52.2 Å². The highest BCUT2D eigenvalue weighted by Gasteiger charge is 2.35. The van der Waals surface area contributed by atoms with E-state index in [9.17, 15) is 32.3 Å². The molecule has 0 radical (unpaired) electrons. The van der Waals surface area contributed by atoms with Gasteiger partial charge in [-0.15, -0.1) is 0 Å². The second-order valence-electron chi connectivity index (χ2n) is 17.8. The first-order valence-corrected chi connectivity index (χ1v) is 22.5. The summed E-state index contributed by atoms with van der Waals surface area (Å²) in [5.74, 6) is 0.141. The van der Waals surface area contributed by atoms with Gasteiger partial charge in [0.05, 0.1) is 35.9 Å². The average molecular weight is 884 g/mol. The van der Waals surface area contributed by atoms with Crippen LogP contribution in [-0.2, 0) is 20.6 Å². The van der Waals surface area contributed by atoms with Gasteiger partial charge >= 0.3 is 6.18 Å². The second kappa shape index (κ2) is 19.9. The molecule has 1 atom stereocenters. The Bertz CT molecular complexity index is 2170. The van der Waals surface area contributed by atoms with Crippen molar-refractivity contribution < 1.29 is 32.3 Å². The van der Waals surface area contributed by atoms with E-state index in [1.807, 2.05) is 29.3 Å². The minimum absolute atomic E-state index is 0.138. The Morgan fingerprint density at radius 2 is 1.27 bits per heavy atom. The number of halogens is 3. The van der Waals surface area contributed by atoms with Crippen LogP contribution in [0.1, 0.15) is 67.4 Å². The van der Waals surface area contributed by atoms with Gasteiger partial charge in [0.1, 0.15) is 17.6 Å². The molecule has 0 spiro atoms. The van der Waals surface area contributed by atoms with Gasteiger partial charge in [-0.25, -0.2) is 14.8 Å². The molecular formula is C46H56F3N11O4. The van der Waals surface area contributed by atoms with Crippen LogP contribution >= 0.6 is 0 Å². The van der Waals surface area contributed by atoms with Gasteiger partial charge in [0, 0.05) is 96.6 Å². The lowest BCUT2D eigenvalue weighted by atomic mass is 9.94. The highest BCUT2D eigenvalue weighted by molar-refractivity contribution is 6.03. The maximum absolute atomic E-state index is 13.5. The number of hydrogen-bond donors (Lipinski definition) is 3.